The molecule has 26 heavy (non-hydrogen) atoms. The molecule has 1 N–H and O–H groups in total. The molecule has 0 bridgehead atoms. The zero-order chi connectivity index (χ0) is 18.9. The highest BCUT2D eigenvalue weighted by Gasteiger charge is 2.28. The maximum Gasteiger partial charge on any atom is 0.253 e. The Bertz CT molecular complexity index is 597. The molecule has 1 aliphatic heterocycles. The zero-order valence-corrected chi connectivity index (χ0v) is 16.0. The summed E-state index contributed by atoms with van der Waals surface area (Å²) in [6.45, 7) is 6.19. The molecule has 0 radical (unpaired) electrons. The van der Waals surface area contributed by atoms with Crippen molar-refractivity contribution in [1.82, 2.24) is 10.2 Å². The Morgan fingerprint density at radius 2 is 2.00 bits per heavy atom. The van der Waals surface area contributed by atoms with E-state index in [1.54, 1.807) is 17.0 Å². The van der Waals surface area contributed by atoms with Crippen LogP contribution in [-0.2, 0) is 4.79 Å². The van der Waals surface area contributed by atoms with Crippen molar-refractivity contribution < 1.29 is 14.0 Å². The first-order chi connectivity index (χ1) is 12.5. The van der Waals surface area contributed by atoms with Crippen molar-refractivity contribution in [3.8, 4) is 0 Å². The van der Waals surface area contributed by atoms with Gasteiger partial charge in [-0.1, -0.05) is 39.2 Å². The third-order valence-electron chi connectivity index (χ3n) is 5.33. The van der Waals surface area contributed by atoms with Gasteiger partial charge in [-0.15, -0.1) is 0 Å². The summed E-state index contributed by atoms with van der Waals surface area (Å²) in [5.74, 6) is 0.0641. The van der Waals surface area contributed by atoms with Crippen molar-refractivity contribution in [2.45, 2.75) is 52.4 Å². The summed E-state index contributed by atoms with van der Waals surface area (Å²) in [5, 5.41) is 3.10. The molecule has 5 heteroatoms. The van der Waals surface area contributed by atoms with Gasteiger partial charge in [0.2, 0.25) is 5.91 Å². The maximum atomic E-state index is 13.3. The summed E-state index contributed by atoms with van der Waals surface area (Å²) in [7, 11) is 0. The lowest BCUT2D eigenvalue weighted by Gasteiger charge is -2.31. The van der Waals surface area contributed by atoms with Gasteiger partial charge in [-0.2, -0.15) is 0 Å². The fraction of sp³-hybridized carbons (Fsp3) is 0.619. The molecule has 4 nitrogen and oxygen atoms in total. The van der Waals surface area contributed by atoms with Crippen LogP contribution in [0.5, 0.6) is 0 Å². The van der Waals surface area contributed by atoms with E-state index >= 15 is 0 Å². The number of hydrogen-bond acceptors (Lipinski definition) is 2. The van der Waals surface area contributed by atoms with Crippen LogP contribution < -0.4 is 5.32 Å². The van der Waals surface area contributed by atoms with E-state index in [0.717, 1.165) is 19.4 Å². The monoisotopic (exact) mass is 362 g/mol. The first-order valence-corrected chi connectivity index (χ1v) is 9.87. The average Bonchev–Trinajstić information content (AvgIpc) is 2.67. The Morgan fingerprint density at radius 3 is 2.62 bits per heavy atom. The Hall–Kier alpha value is -1.91. The van der Waals surface area contributed by atoms with Crippen molar-refractivity contribution in [3.63, 3.8) is 0 Å². The molecule has 2 rings (SSSR count). The standard InChI is InChI=1S/C21H31FN2O2/c1-3-5-7-16(4-2)15-23-20(25)17-10-12-24(13-11-17)21(26)18-8-6-9-19(22)14-18/h6,8-9,14,16-17H,3-5,7,10-13,15H2,1-2H3,(H,23,25). The van der Waals surface area contributed by atoms with Gasteiger partial charge in [0.05, 0.1) is 0 Å². The van der Waals surface area contributed by atoms with Crippen molar-refractivity contribution >= 4 is 11.8 Å². The van der Waals surface area contributed by atoms with Crippen molar-refractivity contribution in [1.29, 1.82) is 0 Å². The molecule has 0 aliphatic carbocycles. The van der Waals surface area contributed by atoms with Crippen LogP contribution in [0.1, 0.15) is 62.7 Å². The minimum atomic E-state index is -0.404. The number of unbranched alkanes of at least 4 members (excludes halogenated alkanes) is 1. The van der Waals surface area contributed by atoms with Crippen molar-refractivity contribution in [3.05, 3.63) is 35.6 Å². The second-order valence-corrected chi connectivity index (χ2v) is 7.24. The Balaban J connectivity index is 1.78. The van der Waals surface area contributed by atoms with Crippen LogP contribution in [0, 0.1) is 17.7 Å². The molecular weight excluding hydrogens is 331 g/mol. The Kier molecular flexibility index (Phi) is 8.07. The highest BCUT2D eigenvalue weighted by atomic mass is 19.1. The summed E-state index contributed by atoms with van der Waals surface area (Å²) < 4.78 is 13.3. The number of nitrogens with one attached hydrogen (secondary N) is 1. The molecular formula is C21H31FN2O2. The summed E-state index contributed by atoms with van der Waals surface area (Å²) in [6.07, 6.45) is 5.96. The Labute approximate surface area is 156 Å². The van der Waals surface area contributed by atoms with E-state index in [1.165, 1.54) is 25.0 Å². The normalized spacial score (nSPS) is 16.3. The number of carbonyl (C=O) groups is 2. The van der Waals surface area contributed by atoms with Crippen LogP contribution in [0.15, 0.2) is 24.3 Å². The van der Waals surface area contributed by atoms with Crippen LogP contribution in [0.25, 0.3) is 0 Å². The third-order valence-corrected chi connectivity index (χ3v) is 5.33. The second kappa shape index (κ2) is 10.3. The van der Waals surface area contributed by atoms with Gasteiger partial charge in [0, 0.05) is 31.1 Å². The largest absolute Gasteiger partial charge is 0.356 e. The molecule has 0 aromatic heterocycles. The molecule has 1 aromatic carbocycles. The van der Waals surface area contributed by atoms with Crippen molar-refractivity contribution in [2.24, 2.45) is 11.8 Å². The summed E-state index contributed by atoms with van der Waals surface area (Å²) in [5.41, 5.74) is 0.370. The number of likely N-dealkylation sites (tertiary alicyclic amines) is 1. The minimum absolute atomic E-state index is 0.0322. The first kappa shape index (κ1) is 20.4. The molecule has 2 amide bonds. The number of piperidine rings is 1. The average molecular weight is 362 g/mol. The predicted molar refractivity (Wildman–Crippen MR) is 101 cm³/mol. The lowest BCUT2D eigenvalue weighted by atomic mass is 9.94. The van der Waals surface area contributed by atoms with Crippen LogP contribution in [0.3, 0.4) is 0 Å². The number of carbonyl (C=O) groups excluding carboxylic acids is 2. The van der Waals surface area contributed by atoms with E-state index in [9.17, 15) is 14.0 Å². The molecule has 1 unspecified atom stereocenters. The lowest BCUT2D eigenvalue weighted by molar-refractivity contribution is -0.126. The number of nitrogens with zero attached hydrogens (tertiary/aromatic N) is 1. The molecule has 1 atom stereocenters. The van der Waals surface area contributed by atoms with Gasteiger partial charge in [0.1, 0.15) is 5.82 Å². The van der Waals surface area contributed by atoms with Gasteiger partial charge in [-0.05, 0) is 43.4 Å². The quantitative estimate of drug-likeness (QED) is 0.760. The number of benzene rings is 1. The highest BCUT2D eigenvalue weighted by molar-refractivity contribution is 5.94. The zero-order valence-electron chi connectivity index (χ0n) is 16.0. The van der Waals surface area contributed by atoms with Crippen LogP contribution in [0.4, 0.5) is 4.39 Å². The van der Waals surface area contributed by atoms with Gasteiger partial charge in [0.25, 0.3) is 5.91 Å². The number of halogens is 1. The smallest absolute Gasteiger partial charge is 0.253 e. The minimum Gasteiger partial charge on any atom is -0.356 e. The van der Waals surface area contributed by atoms with Crippen molar-refractivity contribution in [2.75, 3.05) is 19.6 Å². The fourth-order valence-corrected chi connectivity index (χ4v) is 3.48. The molecule has 1 aromatic rings. The molecule has 0 spiro atoms. The number of rotatable bonds is 8. The van der Waals surface area contributed by atoms with E-state index in [-0.39, 0.29) is 17.7 Å². The van der Waals surface area contributed by atoms with E-state index in [0.29, 0.717) is 37.4 Å². The lowest BCUT2D eigenvalue weighted by Crippen LogP contribution is -2.43. The molecule has 1 heterocycles. The molecule has 1 aliphatic rings. The Morgan fingerprint density at radius 1 is 1.27 bits per heavy atom. The van der Waals surface area contributed by atoms with Gasteiger partial charge >= 0.3 is 0 Å². The number of amides is 2. The van der Waals surface area contributed by atoms with Crippen LogP contribution in [0.2, 0.25) is 0 Å². The van der Waals surface area contributed by atoms with Gasteiger partial charge < -0.3 is 10.2 Å². The topological polar surface area (TPSA) is 49.4 Å². The van der Waals surface area contributed by atoms with Crippen LogP contribution in [-0.4, -0.2) is 36.3 Å². The molecule has 1 fully saturated rings. The van der Waals surface area contributed by atoms with Gasteiger partial charge in [-0.3, -0.25) is 9.59 Å². The molecule has 1 saturated heterocycles. The predicted octanol–water partition coefficient (Wildman–Crippen LogP) is 4.01. The van der Waals surface area contributed by atoms with Gasteiger partial charge in [-0.25, -0.2) is 4.39 Å². The van der Waals surface area contributed by atoms with Gasteiger partial charge in [0.15, 0.2) is 0 Å². The molecule has 144 valence electrons. The first-order valence-electron chi connectivity index (χ1n) is 9.87. The van der Waals surface area contributed by atoms with E-state index < -0.39 is 5.82 Å². The summed E-state index contributed by atoms with van der Waals surface area (Å²) in [4.78, 5) is 26.6. The van der Waals surface area contributed by atoms with E-state index in [2.05, 4.69) is 19.2 Å². The second-order valence-electron chi connectivity index (χ2n) is 7.24. The van der Waals surface area contributed by atoms with E-state index in [4.69, 9.17) is 0 Å². The maximum absolute atomic E-state index is 13.3. The fourth-order valence-electron chi connectivity index (χ4n) is 3.48. The third kappa shape index (κ3) is 5.82. The summed E-state index contributed by atoms with van der Waals surface area (Å²) >= 11 is 0. The molecule has 0 saturated carbocycles. The number of hydrogen-bond donors (Lipinski definition) is 1. The van der Waals surface area contributed by atoms with Crippen LogP contribution >= 0.6 is 0 Å². The van der Waals surface area contributed by atoms with E-state index in [1.807, 2.05) is 0 Å². The SMILES string of the molecule is CCCCC(CC)CNC(=O)C1CCN(C(=O)c2cccc(F)c2)CC1. The summed E-state index contributed by atoms with van der Waals surface area (Å²) in [6, 6.07) is 5.77. The highest BCUT2D eigenvalue weighted by Crippen LogP contribution is 2.20.